The van der Waals surface area contributed by atoms with Crippen molar-refractivity contribution in [1.29, 1.82) is 0 Å². The smallest absolute Gasteiger partial charge is 0.306 e. The van der Waals surface area contributed by atoms with Crippen LogP contribution < -0.4 is 0 Å². The third-order valence-corrected chi connectivity index (χ3v) is 14.1. The number of unbranched alkanes of at least 4 members (excludes halogenated alkanes) is 34. The average molecular weight is 1060 g/mol. The molecule has 0 radical (unpaired) electrons. The minimum absolute atomic E-state index is 0.0858. The van der Waals surface area contributed by atoms with Gasteiger partial charge in [0.05, 0.1) is 0 Å². The number of carbonyl (C=O) groups excluding carboxylic acids is 3. The second-order valence-corrected chi connectivity index (χ2v) is 21.6. The standard InChI is InChI=1S/C70H122O6/c1-4-7-10-13-16-19-22-25-27-29-31-33-34-35-36-38-39-41-43-45-48-51-54-57-60-63-69(72)75-66-67(65-74-68(71)62-59-56-53-50-47-24-21-18-15-12-9-6-3)76-70(73)64-61-58-55-52-49-46-44-42-40-37-32-30-28-26-23-20-17-14-11-8-5-2/h8,11,17-18,20-21,26,28-29,31-32,37,42,44,67H,4-7,9-10,12-16,19,22-25,27,30,33-36,38-41,43,45-66H2,1-3H3/b11-8-,20-17-,21-18-,28-26-,31-29-,37-32-,44-42-. The lowest BCUT2D eigenvalue weighted by Gasteiger charge is -2.18. The molecule has 0 saturated heterocycles. The highest BCUT2D eigenvalue weighted by molar-refractivity contribution is 5.71. The van der Waals surface area contributed by atoms with Crippen LogP contribution in [0.5, 0.6) is 0 Å². The van der Waals surface area contributed by atoms with Gasteiger partial charge < -0.3 is 14.2 Å². The van der Waals surface area contributed by atoms with Gasteiger partial charge >= 0.3 is 17.9 Å². The molecule has 0 aliphatic rings. The van der Waals surface area contributed by atoms with E-state index in [0.717, 1.165) is 116 Å². The fourth-order valence-electron chi connectivity index (χ4n) is 9.23. The van der Waals surface area contributed by atoms with Crippen molar-refractivity contribution >= 4 is 17.9 Å². The Morgan fingerprint density at radius 3 is 0.842 bits per heavy atom. The molecule has 1 atom stereocenters. The molecule has 0 aromatic carbocycles. The highest BCUT2D eigenvalue weighted by Gasteiger charge is 2.19. The summed E-state index contributed by atoms with van der Waals surface area (Å²) in [4.78, 5) is 38.3. The second-order valence-electron chi connectivity index (χ2n) is 21.6. The minimum atomic E-state index is -0.791. The van der Waals surface area contributed by atoms with Crippen LogP contribution in [0.25, 0.3) is 0 Å². The molecular formula is C70H122O6. The summed E-state index contributed by atoms with van der Waals surface area (Å²) in [6.45, 7) is 6.51. The van der Waals surface area contributed by atoms with Crippen molar-refractivity contribution < 1.29 is 28.6 Å². The van der Waals surface area contributed by atoms with Crippen LogP contribution in [0.15, 0.2) is 85.1 Å². The second kappa shape index (κ2) is 64.1. The van der Waals surface area contributed by atoms with Gasteiger partial charge in [0, 0.05) is 19.3 Å². The summed E-state index contributed by atoms with van der Waals surface area (Å²) in [6, 6.07) is 0. The molecule has 0 aromatic rings. The lowest BCUT2D eigenvalue weighted by Crippen LogP contribution is -2.30. The summed E-state index contributed by atoms with van der Waals surface area (Å²) in [5, 5.41) is 0. The van der Waals surface area contributed by atoms with E-state index in [9.17, 15) is 14.4 Å². The fourth-order valence-corrected chi connectivity index (χ4v) is 9.23. The molecule has 0 amide bonds. The van der Waals surface area contributed by atoms with Crippen molar-refractivity contribution in [3.8, 4) is 0 Å². The zero-order valence-corrected chi connectivity index (χ0v) is 50.3. The number of hydrogen-bond acceptors (Lipinski definition) is 6. The average Bonchev–Trinajstić information content (AvgIpc) is 3.42. The predicted octanol–water partition coefficient (Wildman–Crippen LogP) is 22.3. The first-order valence-corrected chi connectivity index (χ1v) is 32.6. The van der Waals surface area contributed by atoms with Crippen LogP contribution in [0.2, 0.25) is 0 Å². The molecule has 76 heavy (non-hydrogen) atoms. The van der Waals surface area contributed by atoms with Crippen LogP contribution in [0.1, 0.15) is 323 Å². The van der Waals surface area contributed by atoms with E-state index in [4.69, 9.17) is 14.2 Å². The number of ether oxygens (including phenoxy) is 3. The van der Waals surface area contributed by atoms with Crippen molar-refractivity contribution in [3.05, 3.63) is 85.1 Å². The van der Waals surface area contributed by atoms with Crippen LogP contribution in [0.4, 0.5) is 0 Å². The highest BCUT2D eigenvalue weighted by Crippen LogP contribution is 2.16. The lowest BCUT2D eigenvalue weighted by atomic mass is 10.0. The maximum atomic E-state index is 12.9. The Hall–Kier alpha value is -3.41. The number of allylic oxidation sites excluding steroid dienone is 14. The highest BCUT2D eigenvalue weighted by atomic mass is 16.6. The fraction of sp³-hybridized carbons (Fsp3) is 0.757. The lowest BCUT2D eigenvalue weighted by molar-refractivity contribution is -0.167. The molecule has 0 aliphatic heterocycles. The van der Waals surface area contributed by atoms with E-state index in [0.29, 0.717) is 19.3 Å². The first-order chi connectivity index (χ1) is 37.5. The van der Waals surface area contributed by atoms with Crippen molar-refractivity contribution in [2.75, 3.05) is 13.2 Å². The molecule has 438 valence electrons. The van der Waals surface area contributed by atoms with Crippen LogP contribution in [-0.2, 0) is 28.6 Å². The maximum Gasteiger partial charge on any atom is 0.306 e. The molecule has 6 heteroatoms. The topological polar surface area (TPSA) is 78.9 Å². The van der Waals surface area contributed by atoms with Gasteiger partial charge in [0.25, 0.3) is 0 Å². The molecule has 0 spiro atoms. The first kappa shape index (κ1) is 72.6. The molecule has 0 bridgehead atoms. The monoisotopic (exact) mass is 1060 g/mol. The molecule has 0 heterocycles. The number of carbonyl (C=O) groups is 3. The molecule has 0 N–H and O–H groups in total. The molecule has 0 aromatic heterocycles. The summed E-state index contributed by atoms with van der Waals surface area (Å²) in [7, 11) is 0. The van der Waals surface area contributed by atoms with Gasteiger partial charge in [-0.1, -0.05) is 273 Å². The Bertz CT molecular complexity index is 1450. The minimum Gasteiger partial charge on any atom is -0.462 e. The molecule has 1 unspecified atom stereocenters. The molecule has 0 saturated carbocycles. The quantitative estimate of drug-likeness (QED) is 0.0261. The Morgan fingerprint density at radius 2 is 0.513 bits per heavy atom. The molecular weight excluding hydrogens is 937 g/mol. The van der Waals surface area contributed by atoms with E-state index < -0.39 is 6.10 Å². The first-order valence-electron chi connectivity index (χ1n) is 32.6. The van der Waals surface area contributed by atoms with Crippen LogP contribution >= 0.6 is 0 Å². The summed E-state index contributed by atoms with van der Waals surface area (Å²) in [5.74, 6) is -0.903. The van der Waals surface area contributed by atoms with Crippen LogP contribution in [0, 0.1) is 0 Å². The number of rotatable bonds is 59. The number of hydrogen-bond donors (Lipinski definition) is 0. The van der Waals surface area contributed by atoms with Crippen molar-refractivity contribution in [2.45, 2.75) is 329 Å². The summed E-state index contributed by atoms with van der Waals surface area (Å²) < 4.78 is 16.9. The molecule has 0 aliphatic carbocycles. The Morgan fingerprint density at radius 1 is 0.276 bits per heavy atom. The Labute approximate surface area is 471 Å². The van der Waals surface area contributed by atoms with Gasteiger partial charge in [0.15, 0.2) is 6.10 Å². The van der Waals surface area contributed by atoms with E-state index >= 15 is 0 Å². The van der Waals surface area contributed by atoms with Gasteiger partial charge in [0.2, 0.25) is 0 Å². The SMILES string of the molecule is CC/C=C\C/C=C\C/C=C\C/C=C\C/C=C\CCCCCCCC(=O)OC(COC(=O)CCCCCCC/C=C\CCCCC)COC(=O)CCCCCCCCCCCCCCC/C=C\CCCCCCCCCC. The van der Waals surface area contributed by atoms with E-state index in [1.54, 1.807) is 0 Å². The normalized spacial score (nSPS) is 12.6. The molecule has 0 fully saturated rings. The zero-order chi connectivity index (χ0) is 55.0. The molecule has 0 rings (SSSR count). The van der Waals surface area contributed by atoms with Crippen molar-refractivity contribution in [1.82, 2.24) is 0 Å². The molecule has 6 nitrogen and oxygen atoms in total. The number of esters is 3. The van der Waals surface area contributed by atoms with Gasteiger partial charge in [0.1, 0.15) is 13.2 Å². The summed E-state index contributed by atoms with van der Waals surface area (Å²) >= 11 is 0. The van der Waals surface area contributed by atoms with E-state index in [2.05, 4.69) is 106 Å². The largest absolute Gasteiger partial charge is 0.462 e. The summed E-state index contributed by atoms with van der Waals surface area (Å²) in [5.41, 5.74) is 0. The third-order valence-electron chi connectivity index (χ3n) is 14.1. The van der Waals surface area contributed by atoms with E-state index in [-0.39, 0.29) is 31.1 Å². The maximum absolute atomic E-state index is 12.9. The Kier molecular flexibility index (Phi) is 61.2. The van der Waals surface area contributed by atoms with Crippen molar-refractivity contribution in [2.24, 2.45) is 0 Å². The van der Waals surface area contributed by atoms with Gasteiger partial charge in [-0.2, -0.15) is 0 Å². The van der Waals surface area contributed by atoms with Gasteiger partial charge in [-0.15, -0.1) is 0 Å². The summed E-state index contributed by atoms with van der Waals surface area (Å²) in [6.07, 6.45) is 84.5. The van der Waals surface area contributed by atoms with Crippen molar-refractivity contribution in [3.63, 3.8) is 0 Å². The van der Waals surface area contributed by atoms with E-state index in [1.165, 1.54) is 167 Å². The Balaban J connectivity index is 4.31. The van der Waals surface area contributed by atoms with Gasteiger partial charge in [-0.3, -0.25) is 14.4 Å². The third kappa shape index (κ3) is 61.4. The van der Waals surface area contributed by atoms with Gasteiger partial charge in [-0.25, -0.2) is 0 Å². The van der Waals surface area contributed by atoms with Gasteiger partial charge in [-0.05, 0) is 116 Å². The zero-order valence-electron chi connectivity index (χ0n) is 50.3. The van der Waals surface area contributed by atoms with Crippen LogP contribution in [0.3, 0.4) is 0 Å². The van der Waals surface area contributed by atoms with E-state index in [1.807, 2.05) is 0 Å². The van der Waals surface area contributed by atoms with Crippen LogP contribution in [-0.4, -0.2) is 37.2 Å². The predicted molar refractivity (Wildman–Crippen MR) is 330 cm³/mol.